The summed E-state index contributed by atoms with van der Waals surface area (Å²) in [5.74, 6) is 1.48. The summed E-state index contributed by atoms with van der Waals surface area (Å²) in [4.78, 5) is 18.3. The monoisotopic (exact) mass is 309 g/mol. The Labute approximate surface area is 131 Å². The van der Waals surface area contributed by atoms with Gasteiger partial charge in [0, 0.05) is 31.4 Å². The van der Waals surface area contributed by atoms with E-state index in [9.17, 15) is 4.79 Å². The Kier molecular flexibility index (Phi) is 6.00. The van der Waals surface area contributed by atoms with Gasteiger partial charge in [-0.2, -0.15) is 0 Å². The van der Waals surface area contributed by atoms with E-state index < -0.39 is 0 Å². The van der Waals surface area contributed by atoms with E-state index in [1.54, 1.807) is 18.3 Å². The van der Waals surface area contributed by atoms with Crippen LogP contribution < -0.4 is 5.32 Å². The fraction of sp³-hybridized carbons (Fsp3) is 0.625. The van der Waals surface area contributed by atoms with Gasteiger partial charge in [0.15, 0.2) is 0 Å². The summed E-state index contributed by atoms with van der Waals surface area (Å²) >= 11 is 5.78. The Balaban J connectivity index is 1.69. The van der Waals surface area contributed by atoms with Crippen LogP contribution in [0.3, 0.4) is 0 Å². The number of pyridine rings is 1. The highest BCUT2D eigenvalue weighted by atomic mass is 35.5. The first-order chi connectivity index (χ1) is 10.0. The van der Waals surface area contributed by atoms with E-state index in [1.807, 2.05) is 0 Å². The van der Waals surface area contributed by atoms with Crippen LogP contribution in [-0.2, 0) is 0 Å². The minimum absolute atomic E-state index is 0.0836. The molecule has 0 aliphatic carbocycles. The predicted octanol–water partition coefficient (Wildman–Crippen LogP) is 2.83. The molecule has 1 N–H and O–H groups in total. The third-order valence-electron chi connectivity index (χ3n) is 3.87. The van der Waals surface area contributed by atoms with Crippen molar-refractivity contribution in [3.63, 3.8) is 0 Å². The van der Waals surface area contributed by atoms with Crippen molar-refractivity contribution in [1.82, 2.24) is 15.2 Å². The summed E-state index contributed by atoms with van der Waals surface area (Å²) < 4.78 is 0. The van der Waals surface area contributed by atoms with Crippen LogP contribution in [-0.4, -0.2) is 42.0 Å². The molecule has 1 fully saturated rings. The zero-order valence-corrected chi connectivity index (χ0v) is 13.6. The second kappa shape index (κ2) is 7.76. The highest BCUT2D eigenvalue weighted by Gasteiger charge is 2.21. The lowest BCUT2D eigenvalue weighted by Gasteiger charge is -2.34. The van der Waals surface area contributed by atoms with Gasteiger partial charge in [-0.05, 0) is 43.4 Å². The third-order valence-corrected chi connectivity index (χ3v) is 4.08. The normalized spacial score (nSPS) is 23.0. The van der Waals surface area contributed by atoms with Crippen molar-refractivity contribution < 1.29 is 4.79 Å². The molecule has 2 atom stereocenters. The number of nitrogens with zero attached hydrogens (tertiary/aromatic N) is 2. The summed E-state index contributed by atoms with van der Waals surface area (Å²) in [6.45, 7) is 8.73. The Morgan fingerprint density at radius 3 is 2.81 bits per heavy atom. The molecule has 1 aromatic heterocycles. The van der Waals surface area contributed by atoms with Crippen molar-refractivity contribution >= 4 is 17.5 Å². The molecule has 4 nitrogen and oxygen atoms in total. The summed E-state index contributed by atoms with van der Waals surface area (Å²) in [5.41, 5.74) is 0.565. The number of carbonyl (C=O) groups excluding carboxylic acids is 1. The molecule has 1 aliphatic rings. The number of nitrogens with one attached hydrogen (secondary N) is 1. The van der Waals surface area contributed by atoms with Crippen LogP contribution >= 0.6 is 11.6 Å². The summed E-state index contributed by atoms with van der Waals surface area (Å²) in [6, 6.07) is 3.26. The molecule has 2 heterocycles. The maximum Gasteiger partial charge on any atom is 0.251 e. The molecule has 1 amide bonds. The molecule has 1 aromatic rings. The smallest absolute Gasteiger partial charge is 0.251 e. The van der Waals surface area contributed by atoms with E-state index in [1.165, 1.54) is 19.5 Å². The number of aromatic nitrogens is 1. The van der Waals surface area contributed by atoms with Crippen molar-refractivity contribution in [2.24, 2.45) is 11.8 Å². The molecule has 0 unspecified atom stereocenters. The Hall–Kier alpha value is -1.13. The standard InChI is InChI=1S/C16H24ClN3O/c1-12-8-13(2)11-20(10-12)7-3-5-19-16(21)14-4-6-18-15(17)9-14/h4,6,9,12-13H,3,5,7-8,10-11H2,1-2H3,(H,19,21)/t12-,13-/m0/s1. The van der Waals surface area contributed by atoms with Gasteiger partial charge >= 0.3 is 0 Å². The van der Waals surface area contributed by atoms with Crippen LogP contribution in [0.2, 0.25) is 5.15 Å². The van der Waals surface area contributed by atoms with Gasteiger partial charge in [0.25, 0.3) is 5.91 Å². The number of carbonyl (C=O) groups is 1. The molecule has 0 bridgehead atoms. The van der Waals surface area contributed by atoms with Gasteiger partial charge in [-0.1, -0.05) is 25.4 Å². The maximum absolute atomic E-state index is 11.9. The number of piperidine rings is 1. The molecular formula is C16H24ClN3O. The summed E-state index contributed by atoms with van der Waals surface area (Å²) in [5, 5.41) is 3.28. The molecule has 1 saturated heterocycles. The Morgan fingerprint density at radius 1 is 1.43 bits per heavy atom. The third kappa shape index (κ3) is 5.29. The van der Waals surface area contributed by atoms with Crippen molar-refractivity contribution in [3.05, 3.63) is 29.0 Å². The van der Waals surface area contributed by atoms with Gasteiger partial charge in [0.05, 0.1) is 0 Å². The lowest BCUT2D eigenvalue weighted by atomic mass is 9.92. The van der Waals surface area contributed by atoms with Crippen LogP contribution in [0.15, 0.2) is 18.3 Å². The van der Waals surface area contributed by atoms with Crippen molar-refractivity contribution in [2.45, 2.75) is 26.7 Å². The van der Waals surface area contributed by atoms with Crippen LogP contribution in [0.1, 0.15) is 37.0 Å². The maximum atomic E-state index is 11.9. The lowest BCUT2D eigenvalue weighted by Crippen LogP contribution is -2.40. The largest absolute Gasteiger partial charge is 0.352 e. The number of hydrogen-bond acceptors (Lipinski definition) is 3. The zero-order valence-electron chi connectivity index (χ0n) is 12.8. The molecule has 21 heavy (non-hydrogen) atoms. The molecule has 2 rings (SSSR count). The number of halogens is 1. The van der Waals surface area contributed by atoms with Crippen LogP contribution in [0.25, 0.3) is 0 Å². The number of hydrogen-bond donors (Lipinski definition) is 1. The van der Waals surface area contributed by atoms with Crippen LogP contribution in [0.5, 0.6) is 0 Å². The summed E-state index contributed by atoms with van der Waals surface area (Å²) in [6.07, 6.45) is 3.85. The fourth-order valence-corrected chi connectivity index (χ4v) is 3.30. The molecule has 0 aromatic carbocycles. The van der Waals surface area contributed by atoms with Gasteiger partial charge in [-0.15, -0.1) is 0 Å². The predicted molar refractivity (Wildman–Crippen MR) is 85.6 cm³/mol. The molecule has 1 aliphatic heterocycles. The Bertz CT molecular complexity index is 470. The topological polar surface area (TPSA) is 45.2 Å². The lowest BCUT2D eigenvalue weighted by molar-refractivity contribution is 0.0947. The SMILES string of the molecule is C[C@H]1C[C@H](C)CN(CCCNC(=O)c2ccnc(Cl)c2)C1. The van der Waals surface area contributed by atoms with E-state index in [-0.39, 0.29) is 5.91 Å². The first-order valence-corrected chi connectivity index (χ1v) is 8.04. The van der Waals surface area contributed by atoms with Gasteiger partial charge in [-0.3, -0.25) is 4.79 Å². The quantitative estimate of drug-likeness (QED) is 0.672. The van der Waals surface area contributed by atoms with Gasteiger partial charge in [0.1, 0.15) is 5.15 Å². The molecule has 0 radical (unpaired) electrons. The number of likely N-dealkylation sites (tertiary alicyclic amines) is 1. The minimum atomic E-state index is -0.0836. The highest BCUT2D eigenvalue weighted by molar-refractivity contribution is 6.29. The molecule has 0 saturated carbocycles. The van der Waals surface area contributed by atoms with Crippen molar-refractivity contribution in [3.8, 4) is 0 Å². The second-order valence-electron chi connectivity index (χ2n) is 6.18. The van der Waals surface area contributed by atoms with Gasteiger partial charge in [-0.25, -0.2) is 4.98 Å². The fourth-order valence-electron chi connectivity index (χ4n) is 3.12. The van der Waals surface area contributed by atoms with E-state index in [0.29, 0.717) is 17.3 Å². The van der Waals surface area contributed by atoms with Crippen LogP contribution in [0.4, 0.5) is 0 Å². The first kappa shape index (κ1) is 16.2. The van der Waals surface area contributed by atoms with Crippen molar-refractivity contribution in [1.29, 1.82) is 0 Å². The van der Waals surface area contributed by atoms with Crippen molar-refractivity contribution in [2.75, 3.05) is 26.2 Å². The molecule has 116 valence electrons. The zero-order chi connectivity index (χ0) is 15.2. The Morgan fingerprint density at radius 2 is 2.14 bits per heavy atom. The second-order valence-corrected chi connectivity index (χ2v) is 6.57. The summed E-state index contributed by atoms with van der Waals surface area (Å²) in [7, 11) is 0. The highest BCUT2D eigenvalue weighted by Crippen LogP contribution is 2.20. The van der Waals surface area contributed by atoms with E-state index >= 15 is 0 Å². The van der Waals surface area contributed by atoms with E-state index in [0.717, 1.165) is 24.8 Å². The van der Waals surface area contributed by atoms with E-state index in [2.05, 4.69) is 29.0 Å². The first-order valence-electron chi connectivity index (χ1n) is 7.66. The molecule has 0 spiro atoms. The van der Waals surface area contributed by atoms with E-state index in [4.69, 9.17) is 11.6 Å². The van der Waals surface area contributed by atoms with Crippen LogP contribution in [0, 0.1) is 11.8 Å². The number of amides is 1. The molecular weight excluding hydrogens is 286 g/mol. The average molecular weight is 310 g/mol. The van der Waals surface area contributed by atoms with Gasteiger partial charge < -0.3 is 10.2 Å². The average Bonchev–Trinajstić information content (AvgIpc) is 2.42. The number of rotatable bonds is 5. The molecule has 5 heteroatoms. The van der Waals surface area contributed by atoms with Gasteiger partial charge in [0.2, 0.25) is 0 Å². The minimum Gasteiger partial charge on any atom is -0.352 e.